The molecule has 3 nitrogen and oxygen atoms in total. The molecule has 1 aliphatic heterocycles. The summed E-state index contributed by atoms with van der Waals surface area (Å²) in [6, 6.07) is 3.06. The zero-order chi connectivity index (χ0) is 14.0. The average molecular weight is 338 g/mol. The normalized spacial score (nSPS) is 18.5. The fraction of sp³-hybridized carbons (Fsp3) is 0.417. The number of fused-ring (bicyclic) bond motifs is 1. The van der Waals surface area contributed by atoms with Crippen molar-refractivity contribution in [3.8, 4) is 5.75 Å². The van der Waals surface area contributed by atoms with Crippen molar-refractivity contribution in [2.24, 2.45) is 0 Å². The molecule has 1 amide bonds. The lowest BCUT2D eigenvalue weighted by Gasteiger charge is -2.26. The molecular weight excluding hydrogens is 327 g/mol. The minimum atomic E-state index is -4.44. The number of halogens is 4. The second-order valence-corrected chi connectivity index (χ2v) is 4.93. The van der Waals surface area contributed by atoms with Gasteiger partial charge in [0.25, 0.3) is 5.91 Å². The Labute approximate surface area is 116 Å². The first-order valence-corrected chi connectivity index (χ1v) is 6.78. The van der Waals surface area contributed by atoms with Crippen molar-refractivity contribution in [3.63, 3.8) is 0 Å². The number of hydrogen-bond donors (Lipinski definition) is 1. The number of ether oxygens (including phenoxy) is 1. The maximum Gasteiger partial charge on any atom is 0.416 e. The number of carbonyl (C=O) groups is 1. The first kappa shape index (κ1) is 14.2. The molecule has 19 heavy (non-hydrogen) atoms. The third-order valence-corrected chi connectivity index (χ3v) is 3.29. The van der Waals surface area contributed by atoms with E-state index in [0.29, 0.717) is 6.42 Å². The van der Waals surface area contributed by atoms with Crippen LogP contribution in [0, 0.1) is 0 Å². The summed E-state index contributed by atoms with van der Waals surface area (Å²) in [5, 5.41) is 3.19. The van der Waals surface area contributed by atoms with E-state index in [2.05, 4.69) is 21.2 Å². The van der Waals surface area contributed by atoms with Crippen LogP contribution in [0.3, 0.4) is 0 Å². The molecule has 0 saturated heterocycles. The summed E-state index contributed by atoms with van der Waals surface area (Å²) >= 11 is 3.25. The van der Waals surface area contributed by atoms with Gasteiger partial charge in [-0.1, -0.05) is 15.9 Å². The van der Waals surface area contributed by atoms with E-state index in [4.69, 9.17) is 4.74 Å². The van der Waals surface area contributed by atoms with E-state index in [9.17, 15) is 18.0 Å². The number of carbonyl (C=O) groups excluding carboxylic acids is 1. The number of hydrogen-bond acceptors (Lipinski definition) is 2. The first-order chi connectivity index (χ1) is 8.91. The van der Waals surface area contributed by atoms with Gasteiger partial charge >= 0.3 is 6.18 Å². The van der Waals surface area contributed by atoms with Crippen molar-refractivity contribution in [2.75, 3.05) is 10.6 Å². The lowest BCUT2D eigenvalue weighted by Crippen LogP contribution is -2.37. The number of nitrogens with one attached hydrogen (secondary N) is 1. The largest absolute Gasteiger partial charge is 0.478 e. The minimum Gasteiger partial charge on any atom is -0.478 e. The monoisotopic (exact) mass is 337 g/mol. The van der Waals surface area contributed by atoms with E-state index >= 15 is 0 Å². The molecule has 1 aromatic carbocycles. The van der Waals surface area contributed by atoms with Crippen LogP contribution in [0.1, 0.15) is 18.4 Å². The molecule has 1 aliphatic rings. The second-order valence-electron chi connectivity index (χ2n) is 4.14. The summed E-state index contributed by atoms with van der Waals surface area (Å²) in [6.45, 7) is 0. The van der Waals surface area contributed by atoms with E-state index in [1.54, 1.807) is 0 Å². The highest BCUT2D eigenvalue weighted by atomic mass is 79.9. The molecule has 1 unspecified atom stereocenters. The van der Waals surface area contributed by atoms with Crippen LogP contribution >= 0.6 is 15.9 Å². The maximum absolute atomic E-state index is 12.5. The zero-order valence-electron chi connectivity index (χ0n) is 9.76. The van der Waals surface area contributed by atoms with Crippen molar-refractivity contribution in [1.82, 2.24) is 0 Å². The summed E-state index contributed by atoms with van der Waals surface area (Å²) in [4.78, 5) is 11.7. The standard InChI is InChI=1S/C12H11BrF3NO2/c13-5-1-2-10-11(18)17-8-6-7(12(14,15)16)3-4-9(8)19-10/h3-4,6,10H,1-2,5H2,(H,17,18). The number of anilines is 1. The Hall–Kier alpha value is -1.24. The van der Waals surface area contributed by atoms with Gasteiger partial charge in [0.15, 0.2) is 6.10 Å². The van der Waals surface area contributed by atoms with Crippen LogP contribution in [0.2, 0.25) is 0 Å². The molecule has 0 saturated carbocycles. The summed E-state index contributed by atoms with van der Waals surface area (Å²) in [7, 11) is 0. The Morgan fingerprint density at radius 3 is 2.74 bits per heavy atom. The third-order valence-electron chi connectivity index (χ3n) is 2.73. The highest BCUT2D eigenvalue weighted by Crippen LogP contribution is 2.37. The van der Waals surface area contributed by atoms with Gasteiger partial charge in [-0.25, -0.2) is 0 Å². The average Bonchev–Trinajstić information content (AvgIpc) is 2.34. The number of alkyl halides is 4. The fourth-order valence-electron chi connectivity index (χ4n) is 1.78. The smallest absolute Gasteiger partial charge is 0.416 e. The Bertz CT molecular complexity index is 490. The molecular formula is C12H11BrF3NO2. The molecule has 7 heteroatoms. The second kappa shape index (κ2) is 5.40. The number of amides is 1. The SMILES string of the molecule is O=C1Nc2cc(C(F)(F)F)ccc2OC1CCCBr. The highest BCUT2D eigenvalue weighted by Gasteiger charge is 2.33. The van der Waals surface area contributed by atoms with Gasteiger partial charge in [0.05, 0.1) is 11.3 Å². The third kappa shape index (κ3) is 3.20. The molecule has 1 aromatic rings. The molecule has 1 atom stereocenters. The predicted molar refractivity (Wildman–Crippen MR) is 67.5 cm³/mol. The van der Waals surface area contributed by atoms with E-state index in [1.807, 2.05) is 0 Å². The number of rotatable bonds is 3. The Morgan fingerprint density at radius 2 is 2.11 bits per heavy atom. The molecule has 104 valence electrons. The predicted octanol–water partition coefficient (Wildman–Crippen LogP) is 3.58. The summed E-state index contributed by atoms with van der Waals surface area (Å²) < 4.78 is 43.0. The Balaban J connectivity index is 2.21. The highest BCUT2D eigenvalue weighted by molar-refractivity contribution is 9.09. The van der Waals surface area contributed by atoms with Gasteiger partial charge in [0.1, 0.15) is 5.75 Å². The van der Waals surface area contributed by atoms with Gasteiger partial charge < -0.3 is 10.1 Å². The lowest BCUT2D eigenvalue weighted by atomic mass is 10.1. The molecule has 0 bridgehead atoms. The maximum atomic E-state index is 12.5. The van der Waals surface area contributed by atoms with Gasteiger partial charge in [0.2, 0.25) is 0 Å². The van der Waals surface area contributed by atoms with Crippen LogP contribution in [-0.4, -0.2) is 17.3 Å². The summed E-state index contributed by atoms with van der Waals surface area (Å²) in [5.74, 6) is -0.139. The molecule has 1 heterocycles. The molecule has 0 aliphatic carbocycles. The molecule has 2 rings (SSSR count). The van der Waals surface area contributed by atoms with Crippen LogP contribution in [0.4, 0.5) is 18.9 Å². The van der Waals surface area contributed by atoms with E-state index in [1.165, 1.54) is 6.07 Å². The van der Waals surface area contributed by atoms with Gasteiger partial charge in [-0.2, -0.15) is 13.2 Å². The molecule has 0 aromatic heterocycles. The Kier molecular flexibility index (Phi) is 4.03. The van der Waals surface area contributed by atoms with E-state index < -0.39 is 23.8 Å². The molecule has 0 fully saturated rings. The van der Waals surface area contributed by atoms with Gasteiger partial charge in [-0.05, 0) is 31.0 Å². The molecule has 0 spiro atoms. The quantitative estimate of drug-likeness (QED) is 0.856. The molecule has 0 radical (unpaired) electrons. The summed E-state index contributed by atoms with van der Waals surface area (Å²) in [6.07, 6.45) is -3.83. The van der Waals surface area contributed by atoms with Gasteiger partial charge in [-0.15, -0.1) is 0 Å². The van der Waals surface area contributed by atoms with Crippen LogP contribution in [0.5, 0.6) is 5.75 Å². The van der Waals surface area contributed by atoms with Crippen molar-refractivity contribution in [3.05, 3.63) is 23.8 Å². The first-order valence-electron chi connectivity index (χ1n) is 5.66. The number of benzene rings is 1. The van der Waals surface area contributed by atoms with Crippen molar-refractivity contribution < 1.29 is 22.7 Å². The van der Waals surface area contributed by atoms with Crippen LogP contribution in [0.25, 0.3) is 0 Å². The lowest BCUT2D eigenvalue weighted by molar-refractivity contribution is -0.137. The van der Waals surface area contributed by atoms with Crippen molar-refractivity contribution in [1.29, 1.82) is 0 Å². The Morgan fingerprint density at radius 1 is 1.37 bits per heavy atom. The van der Waals surface area contributed by atoms with Crippen LogP contribution in [0.15, 0.2) is 18.2 Å². The minimum absolute atomic E-state index is 0.0647. The zero-order valence-corrected chi connectivity index (χ0v) is 11.3. The van der Waals surface area contributed by atoms with Crippen LogP contribution < -0.4 is 10.1 Å². The van der Waals surface area contributed by atoms with Gasteiger partial charge in [0, 0.05) is 5.33 Å². The van der Waals surface area contributed by atoms with E-state index in [0.717, 1.165) is 23.9 Å². The van der Waals surface area contributed by atoms with Crippen LogP contribution in [-0.2, 0) is 11.0 Å². The van der Waals surface area contributed by atoms with Gasteiger partial charge in [-0.3, -0.25) is 4.79 Å². The van der Waals surface area contributed by atoms with E-state index in [-0.39, 0.29) is 11.4 Å². The van der Waals surface area contributed by atoms with Crippen molar-refractivity contribution in [2.45, 2.75) is 25.1 Å². The molecule has 1 N–H and O–H groups in total. The topological polar surface area (TPSA) is 38.3 Å². The van der Waals surface area contributed by atoms with Crippen molar-refractivity contribution >= 4 is 27.5 Å². The fourth-order valence-corrected chi connectivity index (χ4v) is 2.10. The summed E-state index contributed by atoms with van der Waals surface area (Å²) in [5.41, 5.74) is -0.746.